The van der Waals surface area contributed by atoms with Crippen molar-refractivity contribution in [2.75, 3.05) is 37.6 Å². The summed E-state index contributed by atoms with van der Waals surface area (Å²) in [6.07, 6.45) is 3.33. The maximum Gasteiger partial charge on any atom is 0.185 e. The minimum atomic E-state index is -0.313. The van der Waals surface area contributed by atoms with Crippen LogP contribution in [0.4, 0.5) is 10.1 Å². The maximum atomic E-state index is 14.5. The Labute approximate surface area is 152 Å². The Morgan fingerprint density at radius 1 is 1.32 bits per heavy atom. The molecule has 1 saturated heterocycles. The second-order valence-electron chi connectivity index (χ2n) is 6.42. The lowest BCUT2D eigenvalue weighted by molar-refractivity contribution is -0.898. The van der Waals surface area contributed by atoms with Crippen LogP contribution in [0.3, 0.4) is 0 Å². The number of likely N-dealkylation sites (N-methyl/N-ethyl adjacent to an activating group) is 1. The van der Waals surface area contributed by atoms with Gasteiger partial charge in [-0.25, -0.2) is 4.39 Å². The molecule has 25 heavy (non-hydrogen) atoms. The van der Waals surface area contributed by atoms with Gasteiger partial charge in [0.15, 0.2) is 5.78 Å². The fourth-order valence-corrected chi connectivity index (χ4v) is 3.96. The summed E-state index contributed by atoms with van der Waals surface area (Å²) >= 11 is 1.59. The molecule has 1 N–H and O–H groups in total. The van der Waals surface area contributed by atoms with Crippen LogP contribution in [0.25, 0.3) is 6.08 Å². The number of nitrogens with one attached hydrogen (secondary N) is 1. The second-order valence-corrected chi connectivity index (χ2v) is 7.37. The van der Waals surface area contributed by atoms with Crippen LogP contribution < -0.4 is 9.80 Å². The van der Waals surface area contributed by atoms with Gasteiger partial charge in [-0.1, -0.05) is 0 Å². The van der Waals surface area contributed by atoms with E-state index in [2.05, 4.69) is 11.8 Å². The highest BCUT2D eigenvalue weighted by Gasteiger charge is 2.21. The van der Waals surface area contributed by atoms with E-state index in [0.29, 0.717) is 11.3 Å². The highest BCUT2D eigenvalue weighted by Crippen LogP contribution is 2.22. The van der Waals surface area contributed by atoms with Gasteiger partial charge in [0.05, 0.1) is 38.4 Å². The van der Waals surface area contributed by atoms with Gasteiger partial charge in [0, 0.05) is 10.4 Å². The fraction of sp³-hybridized carbons (Fsp3) is 0.350. The summed E-state index contributed by atoms with van der Waals surface area (Å²) in [4.78, 5) is 17.0. The van der Waals surface area contributed by atoms with E-state index in [0.717, 1.165) is 43.2 Å². The number of hydrogen-bond acceptors (Lipinski definition) is 3. The molecular formula is C20H24FN2OS+. The topological polar surface area (TPSA) is 24.8 Å². The van der Waals surface area contributed by atoms with Gasteiger partial charge in [0.1, 0.15) is 5.82 Å². The molecule has 1 fully saturated rings. The fourth-order valence-electron chi connectivity index (χ4n) is 3.14. The molecule has 5 heteroatoms. The largest absolute Gasteiger partial charge is 0.358 e. The van der Waals surface area contributed by atoms with Crippen molar-refractivity contribution in [3.05, 3.63) is 57.5 Å². The van der Waals surface area contributed by atoms with Crippen molar-refractivity contribution in [1.82, 2.24) is 0 Å². The lowest BCUT2D eigenvalue weighted by atomic mass is 10.1. The standard InChI is InChI=1S/C20H23FN2OS/c1-3-22-9-11-23(12-10-22)18-5-4-16(14-17(18)21)19(24)6-7-20-15(2)8-13-25-20/h4-8,13-14H,3,9-12H2,1-2H3/p+1/b7-6+. The molecule has 0 amide bonds. The number of anilines is 1. The minimum Gasteiger partial charge on any atom is -0.358 e. The van der Waals surface area contributed by atoms with Crippen LogP contribution in [-0.4, -0.2) is 38.5 Å². The average Bonchev–Trinajstić information content (AvgIpc) is 3.04. The smallest absolute Gasteiger partial charge is 0.185 e. The van der Waals surface area contributed by atoms with Crippen LogP contribution in [0.15, 0.2) is 35.7 Å². The number of allylic oxidation sites excluding steroid dienone is 1. The predicted octanol–water partition coefficient (Wildman–Crippen LogP) is 2.82. The number of thiophene rings is 1. The Balaban J connectivity index is 1.70. The number of nitrogens with zero attached hydrogens (tertiary/aromatic N) is 1. The molecule has 0 saturated carbocycles. The van der Waals surface area contributed by atoms with Crippen LogP contribution >= 0.6 is 11.3 Å². The average molecular weight is 359 g/mol. The quantitative estimate of drug-likeness (QED) is 0.656. The van der Waals surface area contributed by atoms with E-state index in [1.165, 1.54) is 12.1 Å². The Morgan fingerprint density at radius 2 is 2.08 bits per heavy atom. The summed E-state index contributed by atoms with van der Waals surface area (Å²) in [7, 11) is 0. The molecule has 0 atom stereocenters. The number of halogens is 1. The summed E-state index contributed by atoms with van der Waals surface area (Å²) in [6.45, 7) is 9.06. The number of hydrogen-bond donors (Lipinski definition) is 1. The SMILES string of the molecule is CC[NH+]1CCN(c2ccc(C(=O)/C=C/c3sccc3C)cc2F)CC1. The summed E-state index contributed by atoms with van der Waals surface area (Å²) in [5.74, 6) is -0.481. The number of aryl methyl sites for hydroxylation is 1. The second kappa shape index (κ2) is 7.93. The van der Waals surface area contributed by atoms with E-state index in [4.69, 9.17) is 0 Å². The van der Waals surface area contributed by atoms with Gasteiger partial charge >= 0.3 is 0 Å². The first-order chi connectivity index (χ1) is 12.1. The number of piperazine rings is 1. The molecule has 2 heterocycles. The van der Waals surface area contributed by atoms with Crippen molar-refractivity contribution in [2.24, 2.45) is 0 Å². The maximum absolute atomic E-state index is 14.5. The van der Waals surface area contributed by atoms with Gasteiger partial charge in [-0.2, -0.15) is 0 Å². The van der Waals surface area contributed by atoms with Crippen molar-refractivity contribution in [3.8, 4) is 0 Å². The molecule has 1 aliphatic rings. The van der Waals surface area contributed by atoms with E-state index >= 15 is 0 Å². The van der Waals surface area contributed by atoms with Crippen molar-refractivity contribution in [3.63, 3.8) is 0 Å². The lowest BCUT2D eigenvalue weighted by Gasteiger charge is -2.33. The molecule has 2 aromatic rings. The van der Waals surface area contributed by atoms with E-state index in [9.17, 15) is 9.18 Å². The van der Waals surface area contributed by atoms with Crippen molar-refractivity contribution in [2.45, 2.75) is 13.8 Å². The van der Waals surface area contributed by atoms with Crippen molar-refractivity contribution >= 4 is 28.9 Å². The third-order valence-electron chi connectivity index (χ3n) is 4.83. The van der Waals surface area contributed by atoms with Crippen LogP contribution in [-0.2, 0) is 0 Å². The molecule has 1 aromatic carbocycles. The normalized spacial score (nSPS) is 15.9. The molecular weight excluding hydrogens is 335 g/mol. The van der Waals surface area contributed by atoms with Crippen LogP contribution in [0.5, 0.6) is 0 Å². The summed E-state index contributed by atoms with van der Waals surface area (Å²) in [6, 6.07) is 6.85. The van der Waals surface area contributed by atoms with Gasteiger partial charge in [0.2, 0.25) is 0 Å². The molecule has 132 valence electrons. The third-order valence-corrected chi connectivity index (χ3v) is 5.82. The van der Waals surface area contributed by atoms with Crippen molar-refractivity contribution < 1.29 is 14.1 Å². The molecule has 0 spiro atoms. The number of rotatable bonds is 5. The highest BCUT2D eigenvalue weighted by molar-refractivity contribution is 7.11. The van der Waals surface area contributed by atoms with E-state index in [1.807, 2.05) is 18.4 Å². The Morgan fingerprint density at radius 3 is 2.68 bits per heavy atom. The zero-order chi connectivity index (χ0) is 17.8. The molecule has 3 rings (SSSR count). The molecule has 0 radical (unpaired) electrons. The summed E-state index contributed by atoms with van der Waals surface area (Å²) in [5.41, 5.74) is 2.14. The number of carbonyl (C=O) groups is 1. The Kier molecular flexibility index (Phi) is 5.66. The van der Waals surface area contributed by atoms with E-state index < -0.39 is 0 Å². The number of quaternary nitrogens is 1. The zero-order valence-electron chi connectivity index (χ0n) is 14.7. The predicted molar refractivity (Wildman–Crippen MR) is 102 cm³/mol. The summed E-state index contributed by atoms with van der Waals surface area (Å²) < 4.78 is 14.5. The van der Waals surface area contributed by atoms with Crippen LogP contribution in [0, 0.1) is 12.7 Å². The number of benzene rings is 1. The third kappa shape index (κ3) is 4.17. The van der Waals surface area contributed by atoms with Gasteiger partial charge in [0.25, 0.3) is 0 Å². The Bertz CT molecular complexity index is 776. The van der Waals surface area contributed by atoms with Crippen molar-refractivity contribution in [1.29, 1.82) is 0 Å². The van der Waals surface area contributed by atoms with Gasteiger partial charge in [-0.05, 0) is 61.2 Å². The highest BCUT2D eigenvalue weighted by atomic mass is 32.1. The minimum absolute atomic E-state index is 0.168. The monoisotopic (exact) mass is 359 g/mol. The molecule has 0 bridgehead atoms. The van der Waals surface area contributed by atoms with Crippen LogP contribution in [0.2, 0.25) is 0 Å². The first-order valence-electron chi connectivity index (χ1n) is 8.73. The molecule has 1 aromatic heterocycles. The molecule has 0 unspecified atom stereocenters. The van der Waals surface area contributed by atoms with E-state index in [1.54, 1.807) is 34.4 Å². The van der Waals surface area contributed by atoms with E-state index in [-0.39, 0.29) is 11.6 Å². The van der Waals surface area contributed by atoms with Crippen LogP contribution in [0.1, 0.15) is 27.7 Å². The Hall–Kier alpha value is -1.98. The van der Waals surface area contributed by atoms with Gasteiger partial charge < -0.3 is 9.80 Å². The van der Waals surface area contributed by atoms with Gasteiger partial charge in [-0.3, -0.25) is 4.79 Å². The molecule has 0 aliphatic carbocycles. The first kappa shape index (κ1) is 17.8. The zero-order valence-corrected chi connectivity index (χ0v) is 15.5. The first-order valence-corrected chi connectivity index (χ1v) is 9.61. The summed E-state index contributed by atoms with van der Waals surface area (Å²) in [5, 5.41) is 1.99. The molecule has 1 aliphatic heterocycles. The van der Waals surface area contributed by atoms with Gasteiger partial charge in [-0.15, -0.1) is 11.3 Å². The lowest BCUT2D eigenvalue weighted by Crippen LogP contribution is -3.14. The molecule has 3 nitrogen and oxygen atoms in total. The number of carbonyl (C=O) groups excluding carboxylic acids is 1. The number of ketones is 1.